The molecule has 136 valence electrons. The minimum atomic E-state index is -3.58. The van der Waals surface area contributed by atoms with E-state index in [9.17, 15) is 13.2 Å². The number of hydrogen-bond donors (Lipinski definition) is 1. The summed E-state index contributed by atoms with van der Waals surface area (Å²) in [7, 11) is -2.10. The van der Waals surface area contributed by atoms with Gasteiger partial charge in [0.2, 0.25) is 15.9 Å². The van der Waals surface area contributed by atoms with Crippen LogP contribution < -0.4 is 5.73 Å². The standard InChI is InChI=1S/C14H20ClN3O4S.ClH/c1-22-10-13(16)14(19)17-6-8-18(9-7-17)23(20,21)12-4-2-11(15)3-5-12;/h2-5,13H,6-10,16H2,1H3;1H. The quantitative estimate of drug-likeness (QED) is 0.783. The average molecular weight is 398 g/mol. The van der Waals surface area contributed by atoms with Crippen LogP contribution in [0.3, 0.4) is 0 Å². The van der Waals surface area contributed by atoms with Crippen molar-refractivity contribution in [3.8, 4) is 0 Å². The molecule has 0 bridgehead atoms. The van der Waals surface area contributed by atoms with E-state index in [4.69, 9.17) is 22.1 Å². The highest BCUT2D eigenvalue weighted by Gasteiger charge is 2.31. The van der Waals surface area contributed by atoms with Crippen molar-refractivity contribution in [1.29, 1.82) is 0 Å². The Morgan fingerprint density at radius 2 is 1.79 bits per heavy atom. The van der Waals surface area contributed by atoms with Gasteiger partial charge in [0.25, 0.3) is 0 Å². The van der Waals surface area contributed by atoms with Crippen molar-refractivity contribution in [2.75, 3.05) is 39.9 Å². The lowest BCUT2D eigenvalue weighted by molar-refractivity contribution is -0.134. The van der Waals surface area contributed by atoms with Gasteiger partial charge < -0.3 is 15.4 Å². The summed E-state index contributed by atoms with van der Waals surface area (Å²) in [5.74, 6) is -0.226. The lowest BCUT2D eigenvalue weighted by Gasteiger charge is -2.35. The SMILES string of the molecule is COCC(N)C(=O)N1CCN(S(=O)(=O)c2ccc(Cl)cc2)CC1.Cl. The molecule has 1 aromatic carbocycles. The second kappa shape index (κ2) is 8.98. The van der Waals surface area contributed by atoms with Crippen LogP contribution in [0.4, 0.5) is 0 Å². The van der Waals surface area contributed by atoms with Gasteiger partial charge in [-0.1, -0.05) is 11.6 Å². The predicted octanol–water partition coefficient (Wildman–Crippen LogP) is 0.568. The highest BCUT2D eigenvalue weighted by Crippen LogP contribution is 2.20. The first kappa shape index (κ1) is 21.1. The smallest absolute Gasteiger partial charge is 0.243 e. The third-order valence-corrected chi connectivity index (χ3v) is 5.83. The van der Waals surface area contributed by atoms with Crippen LogP contribution in [0.25, 0.3) is 0 Å². The Morgan fingerprint density at radius 1 is 1.25 bits per heavy atom. The minimum absolute atomic E-state index is 0. The van der Waals surface area contributed by atoms with Crippen molar-refractivity contribution in [1.82, 2.24) is 9.21 Å². The summed E-state index contributed by atoms with van der Waals surface area (Å²) >= 11 is 5.78. The van der Waals surface area contributed by atoms with Gasteiger partial charge >= 0.3 is 0 Å². The highest BCUT2D eigenvalue weighted by atomic mass is 35.5. The molecule has 0 aromatic heterocycles. The number of piperazine rings is 1. The lowest BCUT2D eigenvalue weighted by Crippen LogP contribution is -2.55. The molecule has 2 rings (SSSR count). The van der Waals surface area contributed by atoms with E-state index in [0.29, 0.717) is 18.1 Å². The second-order valence-corrected chi connectivity index (χ2v) is 7.62. The summed E-state index contributed by atoms with van der Waals surface area (Å²) in [6.07, 6.45) is 0. The lowest BCUT2D eigenvalue weighted by atomic mass is 10.2. The second-order valence-electron chi connectivity index (χ2n) is 5.25. The molecule has 1 aliphatic heterocycles. The van der Waals surface area contributed by atoms with Crippen LogP contribution >= 0.6 is 24.0 Å². The van der Waals surface area contributed by atoms with Gasteiger partial charge in [0, 0.05) is 38.3 Å². The van der Waals surface area contributed by atoms with Gasteiger partial charge in [0.1, 0.15) is 6.04 Å². The Labute approximate surface area is 153 Å². The first-order valence-electron chi connectivity index (χ1n) is 7.15. The van der Waals surface area contributed by atoms with Crippen molar-refractivity contribution in [3.05, 3.63) is 29.3 Å². The van der Waals surface area contributed by atoms with Crippen LogP contribution in [0.1, 0.15) is 0 Å². The number of halogens is 2. The van der Waals surface area contributed by atoms with E-state index >= 15 is 0 Å². The molecule has 0 radical (unpaired) electrons. The van der Waals surface area contributed by atoms with E-state index in [1.165, 1.54) is 35.7 Å². The number of nitrogens with zero attached hydrogens (tertiary/aromatic N) is 2. The Hall–Kier alpha value is -0.900. The minimum Gasteiger partial charge on any atom is -0.383 e. The van der Waals surface area contributed by atoms with Crippen molar-refractivity contribution >= 4 is 39.9 Å². The molecule has 1 heterocycles. The third kappa shape index (κ3) is 4.81. The Bertz CT molecular complexity index is 646. The number of carbonyl (C=O) groups excluding carboxylic acids is 1. The van der Waals surface area contributed by atoms with E-state index < -0.39 is 16.1 Å². The maximum Gasteiger partial charge on any atom is 0.243 e. The maximum absolute atomic E-state index is 12.5. The van der Waals surface area contributed by atoms with E-state index in [2.05, 4.69) is 0 Å². The van der Waals surface area contributed by atoms with Gasteiger partial charge in [0.15, 0.2) is 0 Å². The van der Waals surface area contributed by atoms with Gasteiger partial charge in [-0.2, -0.15) is 4.31 Å². The zero-order valence-corrected chi connectivity index (χ0v) is 15.6. The summed E-state index contributed by atoms with van der Waals surface area (Å²) in [5, 5.41) is 0.478. The van der Waals surface area contributed by atoms with Crippen LogP contribution in [0.2, 0.25) is 5.02 Å². The third-order valence-electron chi connectivity index (χ3n) is 3.67. The van der Waals surface area contributed by atoms with E-state index in [1.807, 2.05) is 0 Å². The molecule has 1 atom stereocenters. The van der Waals surface area contributed by atoms with Gasteiger partial charge in [0.05, 0.1) is 11.5 Å². The summed E-state index contributed by atoms with van der Waals surface area (Å²) in [5.41, 5.74) is 5.72. The fourth-order valence-electron chi connectivity index (χ4n) is 2.39. The number of methoxy groups -OCH3 is 1. The van der Waals surface area contributed by atoms with E-state index in [-0.39, 0.29) is 42.9 Å². The molecular weight excluding hydrogens is 377 g/mol. The van der Waals surface area contributed by atoms with Crippen molar-refractivity contribution < 1.29 is 17.9 Å². The number of nitrogens with two attached hydrogens (primary N) is 1. The first-order chi connectivity index (χ1) is 10.9. The molecule has 2 N–H and O–H groups in total. The Kier molecular flexibility index (Phi) is 7.91. The average Bonchev–Trinajstić information content (AvgIpc) is 2.55. The number of rotatable bonds is 5. The topological polar surface area (TPSA) is 92.9 Å². The Morgan fingerprint density at radius 3 is 2.29 bits per heavy atom. The maximum atomic E-state index is 12.5. The van der Waals surface area contributed by atoms with Crippen LogP contribution in [0.15, 0.2) is 29.2 Å². The van der Waals surface area contributed by atoms with Crippen molar-refractivity contribution in [2.45, 2.75) is 10.9 Å². The Balaban J connectivity index is 0.00000288. The fraction of sp³-hybridized carbons (Fsp3) is 0.500. The zero-order chi connectivity index (χ0) is 17.0. The van der Waals surface area contributed by atoms with Gasteiger partial charge in [-0.15, -0.1) is 12.4 Å². The molecule has 10 heteroatoms. The molecule has 1 saturated heterocycles. The number of ether oxygens (including phenoxy) is 1. The molecule has 1 fully saturated rings. The van der Waals surface area contributed by atoms with Gasteiger partial charge in [-0.3, -0.25) is 4.79 Å². The van der Waals surface area contributed by atoms with Crippen molar-refractivity contribution in [3.63, 3.8) is 0 Å². The number of amides is 1. The van der Waals surface area contributed by atoms with Crippen molar-refractivity contribution in [2.24, 2.45) is 5.73 Å². The van der Waals surface area contributed by atoms with Gasteiger partial charge in [-0.25, -0.2) is 8.42 Å². The highest BCUT2D eigenvalue weighted by molar-refractivity contribution is 7.89. The predicted molar refractivity (Wildman–Crippen MR) is 93.9 cm³/mol. The monoisotopic (exact) mass is 397 g/mol. The number of hydrogen-bond acceptors (Lipinski definition) is 5. The normalized spacial score (nSPS) is 17.2. The fourth-order valence-corrected chi connectivity index (χ4v) is 3.94. The zero-order valence-electron chi connectivity index (χ0n) is 13.2. The molecule has 7 nitrogen and oxygen atoms in total. The summed E-state index contributed by atoms with van der Waals surface area (Å²) in [4.78, 5) is 13.8. The van der Waals surface area contributed by atoms with Crippen LogP contribution in [-0.2, 0) is 19.6 Å². The summed E-state index contributed by atoms with van der Waals surface area (Å²) < 4.78 is 31.3. The molecule has 0 aliphatic carbocycles. The van der Waals surface area contributed by atoms with E-state index in [1.54, 1.807) is 4.90 Å². The van der Waals surface area contributed by atoms with E-state index in [0.717, 1.165) is 0 Å². The number of benzene rings is 1. The molecule has 1 aromatic rings. The number of sulfonamides is 1. The molecule has 0 spiro atoms. The molecular formula is C14H21Cl2N3O4S. The van der Waals surface area contributed by atoms with Crippen LogP contribution in [0, 0.1) is 0 Å². The van der Waals surface area contributed by atoms with Crippen LogP contribution in [-0.4, -0.2) is 69.5 Å². The molecule has 1 aliphatic rings. The first-order valence-corrected chi connectivity index (χ1v) is 8.97. The summed E-state index contributed by atoms with van der Waals surface area (Å²) in [6.45, 7) is 1.22. The molecule has 0 saturated carbocycles. The van der Waals surface area contributed by atoms with Crippen LogP contribution in [0.5, 0.6) is 0 Å². The molecule has 1 amide bonds. The molecule has 24 heavy (non-hydrogen) atoms. The largest absolute Gasteiger partial charge is 0.383 e. The molecule has 1 unspecified atom stereocenters. The number of carbonyl (C=O) groups is 1. The van der Waals surface area contributed by atoms with Gasteiger partial charge in [-0.05, 0) is 24.3 Å². The summed E-state index contributed by atoms with van der Waals surface area (Å²) in [6, 6.07) is 5.31.